The van der Waals surface area contributed by atoms with E-state index in [-0.39, 0.29) is 0 Å². The van der Waals surface area contributed by atoms with Crippen LogP contribution in [0.5, 0.6) is 0 Å². The quantitative estimate of drug-likeness (QED) is 0.775. The van der Waals surface area contributed by atoms with E-state index in [2.05, 4.69) is 10.5 Å². The summed E-state index contributed by atoms with van der Waals surface area (Å²) in [5.74, 6) is 0.855. The Kier molecular flexibility index (Phi) is 2.81. The molecule has 1 heterocycles. The molecule has 16 heavy (non-hydrogen) atoms. The molecule has 0 aliphatic carbocycles. The van der Waals surface area contributed by atoms with E-state index in [9.17, 15) is 0 Å². The van der Waals surface area contributed by atoms with E-state index in [0.717, 1.165) is 28.4 Å². The minimum absolute atomic E-state index is 0.699. The second-order valence-corrected chi connectivity index (χ2v) is 3.78. The van der Waals surface area contributed by atoms with Crippen LogP contribution in [0.15, 0.2) is 28.8 Å². The van der Waals surface area contributed by atoms with Gasteiger partial charge in [-0.05, 0) is 32.0 Å². The zero-order valence-corrected chi connectivity index (χ0v) is 9.45. The Morgan fingerprint density at radius 1 is 1.38 bits per heavy atom. The molecule has 2 rings (SSSR count). The summed E-state index contributed by atoms with van der Waals surface area (Å²) in [7, 11) is 0. The SMILES string of the molecule is Cc1noc(C)c1CNc1cccc(N)c1. The first-order valence-electron chi connectivity index (χ1n) is 5.18. The van der Waals surface area contributed by atoms with E-state index in [1.165, 1.54) is 0 Å². The summed E-state index contributed by atoms with van der Waals surface area (Å²) in [6, 6.07) is 7.67. The summed E-state index contributed by atoms with van der Waals surface area (Å²) in [6.45, 7) is 4.55. The number of hydrogen-bond acceptors (Lipinski definition) is 4. The number of rotatable bonds is 3. The first-order chi connectivity index (χ1) is 7.66. The maximum atomic E-state index is 5.70. The number of nitrogens with one attached hydrogen (secondary N) is 1. The van der Waals surface area contributed by atoms with Crippen LogP contribution in [-0.4, -0.2) is 5.16 Å². The van der Waals surface area contributed by atoms with Gasteiger partial charge in [0.05, 0.1) is 5.69 Å². The molecule has 0 atom stereocenters. The first-order valence-corrected chi connectivity index (χ1v) is 5.18. The zero-order valence-electron chi connectivity index (χ0n) is 9.45. The highest BCUT2D eigenvalue weighted by Gasteiger charge is 2.07. The van der Waals surface area contributed by atoms with Crippen LogP contribution in [-0.2, 0) is 6.54 Å². The Morgan fingerprint density at radius 3 is 2.81 bits per heavy atom. The fourth-order valence-corrected chi connectivity index (χ4v) is 1.59. The lowest BCUT2D eigenvalue weighted by molar-refractivity contribution is 0.392. The number of nitrogens with zero attached hydrogens (tertiary/aromatic N) is 1. The van der Waals surface area contributed by atoms with Gasteiger partial charge in [0.1, 0.15) is 5.76 Å². The number of benzene rings is 1. The van der Waals surface area contributed by atoms with Crippen LogP contribution >= 0.6 is 0 Å². The minimum Gasteiger partial charge on any atom is -0.399 e. The molecule has 0 spiro atoms. The van der Waals surface area contributed by atoms with Crippen LogP contribution in [0.4, 0.5) is 11.4 Å². The van der Waals surface area contributed by atoms with Crippen molar-refractivity contribution in [1.82, 2.24) is 5.16 Å². The molecule has 1 aromatic carbocycles. The predicted octanol–water partition coefficient (Wildman–Crippen LogP) is 2.49. The largest absolute Gasteiger partial charge is 0.399 e. The molecule has 0 saturated heterocycles. The lowest BCUT2D eigenvalue weighted by Gasteiger charge is -2.06. The molecule has 1 aromatic heterocycles. The van der Waals surface area contributed by atoms with Crippen LogP contribution in [0.3, 0.4) is 0 Å². The van der Waals surface area contributed by atoms with Gasteiger partial charge in [0, 0.05) is 23.5 Å². The maximum Gasteiger partial charge on any atom is 0.138 e. The average Bonchev–Trinajstić information content (AvgIpc) is 2.56. The van der Waals surface area contributed by atoms with E-state index in [1.807, 2.05) is 38.1 Å². The molecule has 0 unspecified atom stereocenters. The van der Waals surface area contributed by atoms with Gasteiger partial charge in [-0.25, -0.2) is 0 Å². The van der Waals surface area contributed by atoms with Crippen LogP contribution in [0.25, 0.3) is 0 Å². The van der Waals surface area contributed by atoms with Gasteiger partial charge in [0.25, 0.3) is 0 Å². The highest BCUT2D eigenvalue weighted by molar-refractivity contribution is 5.54. The van der Waals surface area contributed by atoms with Gasteiger partial charge in [-0.1, -0.05) is 11.2 Å². The topological polar surface area (TPSA) is 64.1 Å². The lowest BCUT2D eigenvalue weighted by Crippen LogP contribution is -2.01. The summed E-state index contributed by atoms with van der Waals surface area (Å²) in [5, 5.41) is 7.20. The van der Waals surface area contributed by atoms with E-state index >= 15 is 0 Å². The molecular formula is C12H15N3O. The van der Waals surface area contributed by atoms with Crippen LogP contribution < -0.4 is 11.1 Å². The van der Waals surface area contributed by atoms with Gasteiger partial charge >= 0.3 is 0 Å². The average molecular weight is 217 g/mol. The van der Waals surface area contributed by atoms with Crippen LogP contribution in [0.1, 0.15) is 17.0 Å². The van der Waals surface area contributed by atoms with Crippen molar-refractivity contribution in [2.24, 2.45) is 0 Å². The molecule has 0 fully saturated rings. The second kappa shape index (κ2) is 4.26. The second-order valence-electron chi connectivity index (χ2n) is 3.78. The molecule has 0 radical (unpaired) electrons. The highest BCUT2D eigenvalue weighted by atomic mass is 16.5. The standard InChI is InChI=1S/C12H15N3O/c1-8-12(9(2)16-15-8)7-14-11-5-3-4-10(13)6-11/h3-6,14H,7,13H2,1-2H3. The number of hydrogen-bond donors (Lipinski definition) is 2. The Labute approximate surface area is 94.4 Å². The number of nitrogen functional groups attached to an aromatic ring is 1. The van der Waals surface area contributed by atoms with Crippen molar-refractivity contribution in [2.45, 2.75) is 20.4 Å². The van der Waals surface area contributed by atoms with Gasteiger partial charge in [-0.2, -0.15) is 0 Å². The Hall–Kier alpha value is -1.97. The third kappa shape index (κ3) is 2.16. The summed E-state index contributed by atoms with van der Waals surface area (Å²) < 4.78 is 5.09. The van der Waals surface area contributed by atoms with Crippen LogP contribution in [0.2, 0.25) is 0 Å². The summed E-state index contributed by atoms with van der Waals surface area (Å²) >= 11 is 0. The molecule has 0 aliphatic heterocycles. The first kappa shape index (κ1) is 10.5. The Balaban J connectivity index is 2.08. The van der Waals surface area contributed by atoms with Crippen molar-refractivity contribution in [2.75, 3.05) is 11.1 Å². The fourth-order valence-electron chi connectivity index (χ4n) is 1.59. The Bertz CT molecular complexity index is 471. The van der Waals surface area contributed by atoms with Gasteiger partial charge < -0.3 is 15.6 Å². The van der Waals surface area contributed by atoms with Crippen molar-refractivity contribution in [3.8, 4) is 0 Å². The summed E-state index contributed by atoms with van der Waals surface area (Å²) in [6.07, 6.45) is 0. The van der Waals surface area contributed by atoms with E-state index in [0.29, 0.717) is 6.54 Å². The number of aryl methyl sites for hydroxylation is 2. The van der Waals surface area contributed by atoms with Crippen LogP contribution in [0, 0.1) is 13.8 Å². The lowest BCUT2D eigenvalue weighted by atomic mass is 10.2. The van der Waals surface area contributed by atoms with Crippen molar-refractivity contribution in [3.05, 3.63) is 41.3 Å². The normalized spacial score (nSPS) is 10.4. The molecule has 2 aromatic rings. The fraction of sp³-hybridized carbons (Fsp3) is 0.250. The van der Waals surface area contributed by atoms with E-state index in [1.54, 1.807) is 0 Å². The number of aromatic nitrogens is 1. The minimum atomic E-state index is 0.699. The zero-order chi connectivity index (χ0) is 11.5. The molecule has 0 amide bonds. The Morgan fingerprint density at radius 2 is 2.19 bits per heavy atom. The monoisotopic (exact) mass is 217 g/mol. The third-order valence-corrected chi connectivity index (χ3v) is 2.54. The molecule has 4 nitrogen and oxygen atoms in total. The van der Waals surface area contributed by atoms with Gasteiger partial charge in [-0.3, -0.25) is 0 Å². The molecule has 4 heteroatoms. The molecule has 0 bridgehead atoms. The molecule has 84 valence electrons. The number of anilines is 2. The maximum absolute atomic E-state index is 5.70. The van der Waals surface area contributed by atoms with Crippen molar-refractivity contribution in [3.63, 3.8) is 0 Å². The molecule has 0 saturated carbocycles. The summed E-state index contributed by atoms with van der Waals surface area (Å²) in [5.41, 5.74) is 9.47. The predicted molar refractivity (Wildman–Crippen MR) is 64.2 cm³/mol. The highest BCUT2D eigenvalue weighted by Crippen LogP contribution is 2.16. The van der Waals surface area contributed by atoms with E-state index in [4.69, 9.17) is 10.3 Å². The molecular weight excluding hydrogens is 202 g/mol. The van der Waals surface area contributed by atoms with Crippen molar-refractivity contribution in [1.29, 1.82) is 0 Å². The smallest absolute Gasteiger partial charge is 0.138 e. The molecule has 0 aliphatic rings. The number of nitrogens with two attached hydrogens (primary N) is 1. The van der Waals surface area contributed by atoms with Gasteiger partial charge in [0.2, 0.25) is 0 Å². The van der Waals surface area contributed by atoms with Crippen molar-refractivity contribution >= 4 is 11.4 Å². The van der Waals surface area contributed by atoms with E-state index < -0.39 is 0 Å². The van der Waals surface area contributed by atoms with Gasteiger partial charge in [0.15, 0.2) is 0 Å². The van der Waals surface area contributed by atoms with Gasteiger partial charge in [-0.15, -0.1) is 0 Å². The summed E-state index contributed by atoms with van der Waals surface area (Å²) in [4.78, 5) is 0. The third-order valence-electron chi connectivity index (χ3n) is 2.54. The molecule has 3 N–H and O–H groups in total. The van der Waals surface area contributed by atoms with Crippen molar-refractivity contribution < 1.29 is 4.52 Å².